The molecule has 0 saturated carbocycles. The van der Waals surface area contributed by atoms with Crippen molar-refractivity contribution in [3.8, 4) is 5.75 Å². The van der Waals surface area contributed by atoms with Crippen LogP contribution in [0.25, 0.3) is 0 Å². The molecule has 1 aromatic rings. The van der Waals surface area contributed by atoms with Gasteiger partial charge < -0.3 is 15.4 Å². The van der Waals surface area contributed by atoms with E-state index in [2.05, 4.69) is 10.6 Å². The van der Waals surface area contributed by atoms with E-state index in [0.717, 1.165) is 19.3 Å². The highest BCUT2D eigenvalue weighted by Crippen LogP contribution is 2.31. The number of benzene rings is 1. The molecule has 1 aromatic carbocycles. The number of rotatable bonds is 7. The number of nitrogens with zero attached hydrogens (tertiary/aromatic N) is 1. The van der Waals surface area contributed by atoms with E-state index >= 15 is 0 Å². The molecule has 0 spiro atoms. The number of carbonyl (C=O) groups is 2. The Morgan fingerprint density at radius 3 is 2.64 bits per heavy atom. The zero-order chi connectivity index (χ0) is 20.9. The van der Waals surface area contributed by atoms with Crippen LogP contribution in [0, 0.1) is 0 Å². The molecular weight excluding hydrogens is 382 g/mol. The Morgan fingerprint density at radius 2 is 2.04 bits per heavy atom. The maximum absolute atomic E-state index is 13.2. The van der Waals surface area contributed by atoms with E-state index in [1.165, 1.54) is 29.6 Å². The third kappa shape index (κ3) is 4.82. The molecule has 2 atom stereocenters. The Kier molecular flexibility index (Phi) is 7.42. The van der Waals surface area contributed by atoms with Crippen molar-refractivity contribution in [2.45, 2.75) is 57.0 Å². The van der Waals surface area contributed by atoms with Gasteiger partial charge in [0.05, 0.1) is 7.11 Å². The van der Waals surface area contributed by atoms with Crippen molar-refractivity contribution in [3.05, 3.63) is 23.8 Å². The van der Waals surface area contributed by atoms with Gasteiger partial charge in [-0.2, -0.15) is 4.31 Å². The Bertz CT molecular complexity index is 825. The van der Waals surface area contributed by atoms with Gasteiger partial charge in [-0.1, -0.05) is 6.42 Å². The van der Waals surface area contributed by atoms with Gasteiger partial charge in [0, 0.05) is 24.7 Å². The second-order valence-corrected chi connectivity index (χ2v) is 8.77. The maximum Gasteiger partial charge on any atom is 0.251 e. The van der Waals surface area contributed by atoms with Crippen molar-refractivity contribution < 1.29 is 22.7 Å². The Balaban J connectivity index is 2.33. The van der Waals surface area contributed by atoms with Crippen LogP contribution in [0.4, 0.5) is 0 Å². The molecule has 1 saturated heterocycles. The summed E-state index contributed by atoms with van der Waals surface area (Å²) < 4.78 is 33.1. The lowest BCUT2D eigenvalue weighted by atomic mass is 10.1. The molecule has 1 fully saturated rings. The lowest BCUT2D eigenvalue weighted by Gasteiger charge is -2.32. The van der Waals surface area contributed by atoms with Crippen LogP contribution in [0.5, 0.6) is 5.75 Å². The summed E-state index contributed by atoms with van der Waals surface area (Å²) in [5.41, 5.74) is 0.153. The van der Waals surface area contributed by atoms with E-state index in [9.17, 15) is 18.0 Å². The summed E-state index contributed by atoms with van der Waals surface area (Å²) in [5.74, 6) is -0.644. The molecule has 1 heterocycles. The van der Waals surface area contributed by atoms with Crippen molar-refractivity contribution in [2.24, 2.45) is 0 Å². The molecule has 2 rings (SSSR count). The van der Waals surface area contributed by atoms with E-state index < -0.39 is 22.0 Å². The first kappa shape index (κ1) is 22.2. The Morgan fingerprint density at radius 1 is 1.32 bits per heavy atom. The second-order valence-electron chi connectivity index (χ2n) is 6.92. The second kappa shape index (κ2) is 9.38. The van der Waals surface area contributed by atoms with Gasteiger partial charge in [-0.05, 0) is 51.8 Å². The summed E-state index contributed by atoms with van der Waals surface area (Å²) in [6, 6.07) is 3.41. The number of hydrogen-bond acceptors (Lipinski definition) is 5. The molecule has 9 heteroatoms. The number of ether oxygens (including phenoxy) is 1. The van der Waals surface area contributed by atoms with Gasteiger partial charge in [0.2, 0.25) is 15.9 Å². The number of likely N-dealkylation sites (N-methyl/N-ethyl adjacent to an activating group) is 1. The van der Waals surface area contributed by atoms with E-state index in [0.29, 0.717) is 13.1 Å². The third-order valence-corrected chi connectivity index (χ3v) is 6.88. The highest BCUT2D eigenvalue weighted by molar-refractivity contribution is 7.89. The van der Waals surface area contributed by atoms with Crippen LogP contribution >= 0.6 is 0 Å². The van der Waals surface area contributed by atoms with Crippen molar-refractivity contribution in [3.63, 3.8) is 0 Å². The minimum absolute atomic E-state index is 0.0398. The van der Waals surface area contributed by atoms with Crippen molar-refractivity contribution in [2.75, 3.05) is 20.2 Å². The summed E-state index contributed by atoms with van der Waals surface area (Å²) in [6.45, 7) is 6.14. The quantitative estimate of drug-likeness (QED) is 0.708. The van der Waals surface area contributed by atoms with Gasteiger partial charge >= 0.3 is 0 Å². The fourth-order valence-corrected chi connectivity index (χ4v) is 5.13. The van der Waals surface area contributed by atoms with Crippen molar-refractivity contribution >= 4 is 21.8 Å². The SMILES string of the molecule is CCNC(=O)[C@@H](C)NC(=O)c1ccc(OC)c(S(=O)(=O)N2CCCC[C@@H]2C)c1. The zero-order valence-corrected chi connectivity index (χ0v) is 17.6. The largest absolute Gasteiger partial charge is 0.495 e. The van der Waals surface area contributed by atoms with Crippen LogP contribution in [0.1, 0.15) is 50.4 Å². The number of hydrogen-bond donors (Lipinski definition) is 2. The minimum atomic E-state index is -3.81. The summed E-state index contributed by atoms with van der Waals surface area (Å²) in [4.78, 5) is 24.3. The topological polar surface area (TPSA) is 105 Å². The third-order valence-electron chi connectivity index (χ3n) is 4.85. The first-order chi connectivity index (χ1) is 13.2. The lowest BCUT2D eigenvalue weighted by Crippen LogP contribution is -2.44. The van der Waals surface area contributed by atoms with Gasteiger partial charge in [0.15, 0.2) is 0 Å². The van der Waals surface area contributed by atoms with E-state index in [1.807, 2.05) is 6.92 Å². The van der Waals surface area contributed by atoms with Gasteiger partial charge in [0.25, 0.3) is 5.91 Å². The smallest absolute Gasteiger partial charge is 0.251 e. The Hall–Kier alpha value is -2.13. The molecule has 0 bridgehead atoms. The molecular formula is C19H29N3O5S. The molecule has 0 aliphatic carbocycles. The average molecular weight is 412 g/mol. The van der Waals surface area contributed by atoms with Crippen LogP contribution < -0.4 is 15.4 Å². The fraction of sp³-hybridized carbons (Fsp3) is 0.579. The van der Waals surface area contributed by atoms with E-state index in [-0.39, 0.29) is 28.2 Å². The molecule has 0 radical (unpaired) electrons. The number of sulfonamides is 1. The van der Waals surface area contributed by atoms with Gasteiger partial charge in [-0.3, -0.25) is 9.59 Å². The molecule has 8 nitrogen and oxygen atoms in total. The zero-order valence-electron chi connectivity index (χ0n) is 16.8. The summed E-state index contributed by atoms with van der Waals surface area (Å²) in [7, 11) is -2.42. The van der Waals surface area contributed by atoms with Gasteiger partial charge in [0.1, 0.15) is 16.7 Å². The Labute approximate surface area is 166 Å². The number of nitrogens with one attached hydrogen (secondary N) is 2. The normalized spacial score (nSPS) is 18.9. The number of carbonyl (C=O) groups excluding carboxylic acids is 2. The standard InChI is InChI=1S/C19H29N3O5S/c1-5-20-18(23)14(3)21-19(24)15-9-10-16(27-4)17(12-15)28(25,26)22-11-7-6-8-13(22)2/h9-10,12-14H,5-8,11H2,1-4H3,(H,20,23)(H,21,24)/t13-,14+/m0/s1. The van der Waals surface area contributed by atoms with Crippen molar-refractivity contribution in [1.82, 2.24) is 14.9 Å². The van der Waals surface area contributed by atoms with Crippen LogP contribution in [0.15, 0.2) is 23.1 Å². The summed E-state index contributed by atoms with van der Waals surface area (Å²) >= 11 is 0. The highest BCUT2D eigenvalue weighted by atomic mass is 32.2. The molecule has 0 unspecified atom stereocenters. The fourth-order valence-electron chi connectivity index (χ4n) is 3.25. The van der Waals surface area contributed by atoms with Crippen LogP contribution in [-0.4, -0.2) is 56.8 Å². The summed E-state index contributed by atoms with van der Waals surface area (Å²) in [6.07, 6.45) is 2.59. The highest BCUT2D eigenvalue weighted by Gasteiger charge is 2.33. The maximum atomic E-state index is 13.2. The van der Waals surface area contributed by atoms with Crippen LogP contribution in [0.3, 0.4) is 0 Å². The predicted molar refractivity (Wildman–Crippen MR) is 106 cm³/mol. The first-order valence-corrected chi connectivity index (χ1v) is 10.9. The summed E-state index contributed by atoms with van der Waals surface area (Å²) in [5, 5.41) is 5.21. The number of methoxy groups -OCH3 is 1. The van der Waals surface area contributed by atoms with E-state index in [4.69, 9.17) is 4.74 Å². The van der Waals surface area contributed by atoms with Gasteiger partial charge in [-0.25, -0.2) is 8.42 Å². The molecule has 2 N–H and O–H groups in total. The molecule has 1 aliphatic heterocycles. The van der Waals surface area contributed by atoms with Crippen molar-refractivity contribution in [1.29, 1.82) is 0 Å². The first-order valence-electron chi connectivity index (χ1n) is 9.50. The molecule has 2 amide bonds. The lowest BCUT2D eigenvalue weighted by molar-refractivity contribution is -0.122. The predicted octanol–water partition coefficient (Wildman–Crippen LogP) is 1.51. The monoisotopic (exact) mass is 411 g/mol. The van der Waals surface area contributed by atoms with Crippen LogP contribution in [0.2, 0.25) is 0 Å². The van der Waals surface area contributed by atoms with Gasteiger partial charge in [-0.15, -0.1) is 0 Å². The van der Waals surface area contributed by atoms with Crippen LogP contribution in [-0.2, 0) is 14.8 Å². The molecule has 1 aliphatic rings. The number of amides is 2. The molecule has 156 valence electrons. The van der Waals surface area contributed by atoms with E-state index in [1.54, 1.807) is 13.8 Å². The number of piperidine rings is 1. The average Bonchev–Trinajstić information content (AvgIpc) is 2.67. The molecule has 0 aromatic heterocycles. The molecule has 28 heavy (non-hydrogen) atoms. The minimum Gasteiger partial charge on any atom is -0.495 e.